The summed E-state index contributed by atoms with van der Waals surface area (Å²) in [7, 11) is -4.00. The van der Waals surface area contributed by atoms with Crippen LogP contribution in [-0.2, 0) is 21.2 Å². The molecule has 8 nitrogen and oxygen atoms in total. The molecule has 0 radical (unpaired) electrons. The molecule has 6 rings (SSSR count). The number of ether oxygens (including phenoxy) is 1. The minimum Gasteiger partial charge on any atom is -0.487 e. The number of nitrogens with zero attached hydrogens (tertiary/aromatic N) is 1. The Morgan fingerprint density at radius 3 is 2.40 bits per heavy atom. The van der Waals surface area contributed by atoms with Gasteiger partial charge < -0.3 is 9.15 Å². The SMILES string of the molecule is Cc1ccc(S(=O)(=O)N[C@H](C(=O)N/N=c2\cc(C)c3cc4c(cc3o2)OC2(CCCCC2)CC4)c2ccccc2)cc1. The van der Waals surface area contributed by atoms with Crippen LogP contribution in [0.15, 0.2) is 87.2 Å². The molecule has 1 saturated carbocycles. The number of aryl methyl sites for hydroxylation is 3. The van der Waals surface area contributed by atoms with Crippen molar-refractivity contribution in [2.24, 2.45) is 5.10 Å². The maximum absolute atomic E-state index is 13.4. The van der Waals surface area contributed by atoms with Gasteiger partial charge in [-0.3, -0.25) is 4.79 Å². The number of carbonyl (C=O) groups excluding carboxylic acids is 1. The Morgan fingerprint density at radius 1 is 0.929 bits per heavy atom. The van der Waals surface area contributed by atoms with Gasteiger partial charge in [0, 0.05) is 17.5 Å². The molecule has 1 fully saturated rings. The van der Waals surface area contributed by atoms with E-state index in [-0.39, 0.29) is 16.1 Å². The van der Waals surface area contributed by atoms with Crippen molar-refractivity contribution >= 4 is 26.9 Å². The zero-order valence-corrected chi connectivity index (χ0v) is 24.7. The zero-order chi connectivity index (χ0) is 29.3. The van der Waals surface area contributed by atoms with Crippen molar-refractivity contribution in [3.63, 3.8) is 0 Å². The molecule has 1 aliphatic carbocycles. The van der Waals surface area contributed by atoms with Crippen LogP contribution in [0.5, 0.6) is 5.75 Å². The number of nitrogens with one attached hydrogen (secondary N) is 2. The minimum absolute atomic E-state index is 0.0690. The van der Waals surface area contributed by atoms with Gasteiger partial charge in [-0.05, 0) is 87.3 Å². The smallest absolute Gasteiger partial charge is 0.262 e. The fourth-order valence-corrected chi connectivity index (χ4v) is 7.16. The molecule has 1 aromatic heterocycles. The van der Waals surface area contributed by atoms with Crippen LogP contribution in [0.1, 0.15) is 66.8 Å². The summed E-state index contributed by atoms with van der Waals surface area (Å²) >= 11 is 0. The molecule has 4 aromatic rings. The topological polar surface area (TPSA) is 110 Å². The zero-order valence-electron chi connectivity index (χ0n) is 23.9. The van der Waals surface area contributed by atoms with E-state index >= 15 is 0 Å². The Kier molecular flexibility index (Phi) is 7.64. The maximum atomic E-state index is 13.4. The maximum Gasteiger partial charge on any atom is 0.262 e. The van der Waals surface area contributed by atoms with Gasteiger partial charge in [0.05, 0.1) is 4.90 Å². The van der Waals surface area contributed by atoms with E-state index in [9.17, 15) is 13.2 Å². The Morgan fingerprint density at radius 2 is 1.67 bits per heavy atom. The van der Waals surface area contributed by atoms with Crippen LogP contribution < -0.4 is 20.4 Å². The molecule has 218 valence electrons. The monoisotopic (exact) mass is 585 g/mol. The number of rotatable bonds is 6. The van der Waals surface area contributed by atoms with Gasteiger partial charge in [-0.1, -0.05) is 54.4 Å². The average Bonchev–Trinajstić information content (AvgIpc) is 2.99. The molecule has 0 bridgehead atoms. The molecule has 2 heterocycles. The summed E-state index contributed by atoms with van der Waals surface area (Å²) in [5, 5.41) is 5.20. The molecule has 1 amide bonds. The predicted molar refractivity (Wildman–Crippen MR) is 160 cm³/mol. The van der Waals surface area contributed by atoms with Crippen LogP contribution in [0.2, 0.25) is 0 Å². The molecule has 3 aromatic carbocycles. The standard InChI is InChI=1S/C33H35N3O5S/c1-22-11-13-26(14-12-22)42(38,39)36-31(24-9-5-3-6-10-24)32(37)35-34-30-19-23(2)27-20-25-15-18-33(16-7-4-8-17-33)41-28(25)21-29(27)40-30/h3,5-6,9-14,19-21,31,36H,4,7-8,15-18H2,1-2H3,(H,35,37)/b34-30+/t31-/m0/s1. The third-order valence-corrected chi connectivity index (χ3v) is 9.80. The first-order valence-corrected chi connectivity index (χ1v) is 15.9. The van der Waals surface area contributed by atoms with E-state index in [0.29, 0.717) is 11.1 Å². The predicted octanol–water partition coefficient (Wildman–Crippen LogP) is 5.73. The van der Waals surface area contributed by atoms with Crippen molar-refractivity contribution in [1.29, 1.82) is 0 Å². The number of fused-ring (bicyclic) bond motifs is 2. The molecule has 1 aliphatic heterocycles. The molecule has 42 heavy (non-hydrogen) atoms. The van der Waals surface area contributed by atoms with Gasteiger partial charge in [0.25, 0.3) is 5.91 Å². The lowest BCUT2D eigenvalue weighted by Gasteiger charge is -2.41. The Labute approximate surface area is 245 Å². The molecular formula is C33H35N3O5S. The number of sulfonamides is 1. The van der Waals surface area contributed by atoms with Crippen molar-refractivity contribution in [1.82, 2.24) is 10.1 Å². The van der Waals surface area contributed by atoms with Crippen LogP contribution in [0.3, 0.4) is 0 Å². The highest BCUT2D eigenvalue weighted by Crippen LogP contribution is 2.43. The first kappa shape index (κ1) is 28.2. The lowest BCUT2D eigenvalue weighted by Crippen LogP contribution is -2.41. The highest BCUT2D eigenvalue weighted by atomic mass is 32.2. The van der Waals surface area contributed by atoms with Gasteiger partial charge in [0.1, 0.15) is 23.0 Å². The van der Waals surface area contributed by atoms with Gasteiger partial charge >= 0.3 is 0 Å². The van der Waals surface area contributed by atoms with Crippen LogP contribution >= 0.6 is 0 Å². The van der Waals surface area contributed by atoms with E-state index in [0.717, 1.165) is 47.9 Å². The first-order chi connectivity index (χ1) is 20.2. The molecule has 2 N–H and O–H groups in total. The van der Waals surface area contributed by atoms with Gasteiger partial charge in [-0.15, -0.1) is 5.10 Å². The molecule has 1 spiro atoms. The number of benzene rings is 3. The second-order valence-corrected chi connectivity index (χ2v) is 13.1. The highest BCUT2D eigenvalue weighted by Gasteiger charge is 2.37. The van der Waals surface area contributed by atoms with E-state index < -0.39 is 22.0 Å². The van der Waals surface area contributed by atoms with Crippen molar-refractivity contribution < 1.29 is 22.4 Å². The van der Waals surface area contributed by atoms with E-state index in [1.165, 1.54) is 37.0 Å². The molecule has 0 unspecified atom stereocenters. The largest absolute Gasteiger partial charge is 0.487 e. The summed E-state index contributed by atoms with van der Waals surface area (Å²) in [4.78, 5) is 13.5. The Hall–Kier alpha value is -3.95. The second-order valence-electron chi connectivity index (χ2n) is 11.4. The van der Waals surface area contributed by atoms with Crippen molar-refractivity contribution in [2.45, 2.75) is 75.3 Å². The summed E-state index contributed by atoms with van der Waals surface area (Å²) in [5.41, 5.74) is 6.79. The normalized spacial score (nSPS) is 17.4. The summed E-state index contributed by atoms with van der Waals surface area (Å²) in [6.45, 7) is 3.85. The number of carbonyl (C=O) groups is 1. The van der Waals surface area contributed by atoms with Crippen LogP contribution in [0.25, 0.3) is 11.0 Å². The molecule has 0 saturated heterocycles. The molecule has 2 aliphatic rings. The Balaban J connectivity index is 1.28. The molecule has 1 atom stereocenters. The summed E-state index contributed by atoms with van der Waals surface area (Å²) in [5.74, 6) is 0.215. The third-order valence-electron chi connectivity index (χ3n) is 8.36. The number of hydrogen-bond donors (Lipinski definition) is 2. The van der Waals surface area contributed by atoms with Crippen LogP contribution in [0.4, 0.5) is 0 Å². The van der Waals surface area contributed by atoms with E-state index in [1.807, 2.05) is 19.9 Å². The van der Waals surface area contributed by atoms with E-state index in [2.05, 4.69) is 21.3 Å². The summed E-state index contributed by atoms with van der Waals surface area (Å²) in [6.07, 6.45) is 7.83. The van der Waals surface area contributed by atoms with Gasteiger partial charge in [0.2, 0.25) is 15.6 Å². The van der Waals surface area contributed by atoms with E-state index in [1.54, 1.807) is 48.5 Å². The molecular weight excluding hydrogens is 550 g/mol. The highest BCUT2D eigenvalue weighted by molar-refractivity contribution is 7.89. The van der Waals surface area contributed by atoms with Crippen molar-refractivity contribution in [3.8, 4) is 5.75 Å². The van der Waals surface area contributed by atoms with Gasteiger partial charge in [-0.25, -0.2) is 13.8 Å². The minimum atomic E-state index is -4.00. The van der Waals surface area contributed by atoms with Gasteiger partial charge in [-0.2, -0.15) is 4.72 Å². The fraction of sp³-hybridized carbons (Fsp3) is 0.333. The lowest BCUT2D eigenvalue weighted by molar-refractivity contribution is -0.123. The van der Waals surface area contributed by atoms with Crippen molar-refractivity contribution in [3.05, 3.63) is 101 Å². The van der Waals surface area contributed by atoms with E-state index in [4.69, 9.17) is 9.15 Å². The van der Waals surface area contributed by atoms with Crippen LogP contribution in [-0.4, -0.2) is 19.9 Å². The van der Waals surface area contributed by atoms with Crippen molar-refractivity contribution in [2.75, 3.05) is 0 Å². The fourth-order valence-electron chi connectivity index (χ4n) is 5.98. The molecule has 9 heteroatoms. The summed E-state index contributed by atoms with van der Waals surface area (Å²) < 4.78 is 41.6. The summed E-state index contributed by atoms with van der Waals surface area (Å²) in [6, 6.07) is 19.7. The first-order valence-electron chi connectivity index (χ1n) is 14.5. The lowest BCUT2D eigenvalue weighted by atomic mass is 9.79. The number of amides is 1. The van der Waals surface area contributed by atoms with Crippen LogP contribution in [0, 0.1) is 13.8 Å². The average molecular weight is 586 g/mol. The quantitative estimate of drug-likeness (QED) is 0.281. The van der Waals surface area contributed by atoms with Gasteiger partial charge in [0.15, 0.2) is 0 Å². The second kappa shape index (κ2) is 11.4. The number of hydrogen-bond acceptors (Lipinski definition) is 6. The third kappa shape index (κ3) is 5.84. The Bertz CT molecular complexity index is 1790.